The summed E-state index contributed by atoms with van der Waals surface area (Å²) in [7, 11) is -3.35. The Morgan fingerprint density at radius 2 is 1.82 bits per heavy atom. The first-order chi connectivity index (χ1) is 18.3. The fourth-order valence-electron chi connectivity index (χ4n) is 4.82. The van der Waals surface area contributed by atoms with Crippen LogP contribution in [0, 0.1) is 0 Å². The SMILES string of the molecule is CCOC(=O)NC1CCc2ccc(OCCCS(=O)(=O)c3ccccc3)cc2C1Cc1ccc(Cl)c(Cl)c1. The molecule has 1 N–H and O–H groups in total. The number of fused-ring (bicyclic) bond motifs is 1. The van der Waals surface area contributed by atoms with Crippen LogP contribution in [-0.4, -0.2) is 39.5 Å². The first-order valence-electron chi connectivity index (χ1n) is 12.7. The zero-order valence-corrected chi connectivity index (χ0v) is 23.5. The van der Waals surface area contributed by atoms with E-state index in [1.807, 2.05) is 30.3 Å². The standard InChI is InChI=1S/C29H31Cl2NO5S/c1-2-36-29(33)32-28-14-11-21-10-12-22(37-15-6-16-38(34,35)23-7-4-3-5-8-23)19-24(21)25(28)17-20-9-13-26(30)27(31)18-20/h3-5,7-10,12-13,18-19,25,28H,2,6,11,14-17H2,1H3,(H,32,33). The highest BCUT2D eigenvalue weighted by Crippen LogP contribution is 2.37. The molecule has 6 nitrogen and oxygen atoms in total. The van der Waals surface area contributed by atoms with E-state index < -0.39 is 15.9 Å². The maximum atomic E-state index is 12.5. The van der Waals surface area contributed by atoms with Gasteiger partial charge in [0.25, 0.3) is 0 Å². The van der Waals surface area contributed by atoms with Gasteiger partial charge in [-0.1, -0.05) is 53.5 Å². The second kappa shape index (κ2) is 12.9. The molecule has 0 fully saturated rings. The minimum atomic E-state index is -3.35. The molecule has 3 aromatic carbocycles. The van der Waals surface area contributed by atoms with Crippen molar-refractivity contribution in [3.63, 3.8) is 0 Å². The lowest BCUT2D eigenvalue weighted by Crippen LogP contribution is -2.43. The van der Waals surface area contributed by atoms with Crippen molar-refractivity contribution in [3.8, 4) is 5.75 Å². The molecule has 0 saturated carbocycles. The number of sulfone groups is 1. The van der Waals surface area contributed by atoms with E-state index in [-0.39, 0.29) is 24.3 Å². The molecule has 0 aromatic heterocycles. The molecule has 1 amide bonds. The number of hydrogen-bond acceptors (Lipinski definition) is 5. The largest absolute Gasteiger partial charge is 0.494 e. The molecule has 2 unspecified atom stereocenters. The van der Waals surface area contributed by atoms with Gasteiger partial charge in [0.05, 0.1) is 33.9 Å². The van der Waals surface area contributed by atoms with Gasteiger partial charge >= 0.3 is 6.09 Å². The van der Waals surface area contributed by atoms with Gasteiger partial charge in [0.1, 0.15) is 5.75 Å². The number of amides is 1. The molecule has 0 saturated heterocycles. The zero-order valence-electron chi connectivity index (χ0n) is 21.2. The van der Waals surface area contributed by atoms with Crippen LogP contribution < -0.4 is 10.1 Å². The van der Waals surface area contributed by atoms with Gasteiger partial charge in [-0.05, 0) is 85.7 Å². The molecule has 0 radical (unpaired) electrons. The van der Waals surface area contributed by atoms with Crippen LogP contribution in [0.2, 0.25) is 10.0 Å². The average Bonchev–Trinajstić information content (AvgIpc) is 2.90. The van der Waals surface area contributed by atoms with Crippen LogP contribution in [0.5, 0.6) is 5.75 Å². The molecule has 3 aromatic rings. The van der Waals surface area contributed by atoms with Gasteiger partial charge in [0.15, 0.2) is 9.84 Å². The van der Waals surface area contributed by atoms with Crippen LogP contribution in [-0.2, 0) is 27.4 Å². The molecular weight excluding hydrogens is 545 g/mol. The van der Waals surface area contributed by atoms with E-state index >= 15 is 0 Å². The molecule has 0 spiro atoms. The van der Waals surface area contributed by atoms with Crippen LogP contribution in [0.1, 0.15) is 42.4 Å². The molecule has 4 rings (SSSR count). The van der Waals surface area contributed by atoms with Gasteiger partial charge in [-0.3, -0.25) is 0 Å². The zero-order chi connectivity index (χ0) is 27.1. The van der Waals surface area contributed by atoms with Crippen molar-refractivity contribution < 1.29 is 22.7 Å². The smallest absolute Gasteiger partial charge is 0.407 e. The van der Waals surface area contributed by atoms with Crippen molar-refractivity contribution in [2.24, 2.45) is 0 Å². The average molecular weight is 577 g/mol. The fourth-order valence-corrected chi connectivity index (χ4v) is 6.44. The second-order valence-electron chi connectivity index (χ2n) is 9.26. The normalized spacial score (nSPS) is 16.9. The summed E-state index contributed by atoms with van der Waals surface area (Å²) in [6, 6.07) is 19.8. The number of rotatable bonds is 10. The summed E-state index contributed by atoms with van der Waals surface area (Å²) in [6.07, 6.45) is 2.15. The van der Waals surface area contributed by atoms with E-state index in [1.54, 1.807) is 43.3 Å². The van der Waals surface area contributed by atoms with Gasteiger partial charge in [0, 0.05) is 12.0 Å². The third-order valence-corrected chi connectivity index (χ3v) is 9.23. The van der Waals surface area contributed by atoms with Crippen molar-refractivity contribution in [2.75, 3.05) is 19.0 Å². The van der Waals surface area contributed by atoms with E-state index in [0.717, 1.165) is 24.0 Å². The topological polar surface area (TPSA) is 81.7 Å². The predicted octanol–water partition coefficient (Wildman–Crippen LogP) is 6.62. The van der Waals surface area contributed by atoms with Crippen LogP contribution >= 0.6 is 23.2 Å². The van der Waals surface area contributed by atoms with Crippen molar-refractivity contribution in [1.29, 1.82) is 0 Å². The molecule has 0 bridgehead atoms. The molecule has 0 aliphatic heterocycles. The monoisotopic (exact) mass is 575 g/mol. The molecule has 9 heteroatoms. The van der Waals surface area contributed by atoms with Crippen molar-refractivity contribution >= 4 is 39.1 Å². The van der Waals surface area contributed by atoms with Gasteiger partial charge in [-0.15, -0.1) is 0 Å². The van der Waals surface area contributed by atoms with E-state index in [4.69, 9.17) is 32.7 Å². The number of carbonyl (C=O) groups excluding carboxylic acids is 1. The highest BCUT2D eigenvalue weighted by molar-refractivity contribution is 7.91. The van der Waals surface area contributed by atoms with Gasteiger partial charge in [-0.25, -0.2) is 13.2 Å². The maximum absolute atomic E-state index is 12.5. The van der Waals surface area contributed by atoms with E-state index in [1.165, 1.54) is 5.56 Å². The van der Waals surface area contributed by atoms with E-state index in [2.05, 4.69) is 5.32 Å². The number of aryl methyl sites for hydroxylation is 1. The lowest BCUT2D eigenvalue weighted by atomic mass is 9.76. The number of carbonyl (C=O) groups is 1. The first kappa shape index (κ1) is 28.3. The maximum Gasteiger partial charge on any atom is 0.407 e. The third-order valence-electron chi connectivity index (χ3n) is 6.67. The Labute approximate surface area is 234 Å². The summed E-state index contributed by atoms with van der Waals surface area (Å²) in [4.78, 5) is 12.6. The molecule has 2 atom stereocenters. The van der Waals surface area contributed by atoms with Crippen LogP contribution in [0.15, 0.2) is 71.6 Å². The van der Waals surface area contributed by atoms with Crippen LogP contribution in [0.3, 0.4) is 0 Å². The summed E-state index contributed by atoms with van der Waals surface area (Å²) < 4.78 is 36.2. The van der Waals surface area contributed by atoms with Gasteiger partial charge in [-0.2, -0.15) is 0 Å². The van der Waals surface area contributed by atoms with Crippen molar-refractivity contribution in [2.45, 2.75) is 49.5 Å². The Bertz CT molecular complexity index is 1360. The quantitative estimate of drug-likeness (QED) is 0.274. The molecule has 1 aliphatic rings. The minimum Gasteiger partial charge on any atom is -0.494 e. The Balaban J connectivity index is 1.49. The van der Waals surface area contributed by atoms with Gasteiger partial charge < -0.3 is 14.8 Å². The van der Waals surface area contributed by atoms with Crippen molar-refractivity contribution in [3.05, 3.63) is 93.5 Å². The van der Waals surface area contributed by atoms with Crippen molar-refractivity contribution in [1.82, 2.24) is 5.32 Å². The molecular formula is C29H31Cl2NO5S. The summed E-state index contributed by atoms with van der Waals surface area (Å²) in [5.74, 6) is 0.632. The Morgan fingerprint density at radius 3 is 2.55 bits per heavy atom. The molecule has 202 valence electrons. The first-order valence-corrected chi connectivity index (χ1v) is 15.1. The number of alkyl carbamates (subject to hydrolysis) is 1. The lowest BCUT2D eigenvalue weighted by molar-refractivity contribution is 0.144. The summed E-state index contributed by atoms with van der Waals surface area (Å²) in [5.41, 5.74) is 3.28. The van der Waals surface area contributed by atoms with Crippen LogP contribution in [0.25, 0.3) is 0 Å². The number of benzene rings is 3. The fraction of sp³-hybridized carbons (Fsp3) is 0.345. The van der Waals surface area contributed by atoms with Crippen LogP contribution in [0.4, 0.5) is 4.79 Å². The Kier molecular flexibility index (Phi) is 9.58. The number of hydrogen-bond donors (Lipinski definition) is 1. The van der Waals surface area contributed by atoms with E-state index in [0.29, 0.717) is 40.1 Å². The summed E-state index contributed by atoms with van der Waals surface area (Å²) in [5, 5.41) is 4.01. The van der Waals surface area contributed by atoms with Gasteiger partial charge in [0.2, 0.25) is 0 Å². The second-order valence-corrected chi connectivity index (χ2v) is 12.2. The Morgan fingerprint density at radius 1 is 1.03 bits per heavy atom. The highest BCUT2D eigenvalue weighted by atomic mass is 35.5. The predicted molar refractivity (Wildman–Crippen MR) is 150 cm³/mol. The molecule has 0 heterocycles. The Hall–Kier alpha value is -2.74. The minimum absolute atomic E-state index is 0.00738. The number of ether oxygens (including phenoxy) is 2. The molecule has 38 heavy (non-hydrogen) atoms. The van der Waals surface area contributed by atoms with E-state index in [9.17, 15) is 13.2 Å². The summed E-state index contributed by atoms with van der Waals surface area (Å²) in [6.45, 7) is 2.34. The lowest BCUT2D eigenvalue weighted by Gasteiger charge is -2.34. The molecule has 1 aliphatic carbocycles. The summed E-state index contributed by atoms with van der Waals surface area (Å²) >= 11 is 12.4. The number of halogens is 2. The highest BCUT2D eigenvalue weighted by Gasteiger charge is 2.32. The third kappa shape index (κ3) is 7.22. The number of nitrogens with one attached hydrogen (secondary N) is 1.